The second-order valence-corrected chi connectivity index (χ2v) is 5.23. The fourth-order valence-electron chi connectivity index (χ4n) is 2.75. The van der Waals surface area contributed by atoms with E-state index in [2.05, 4.69) is 66.1 Å². The van der Waals surface area contributed by atoms with Gasteiger partial charge in [-0.25, -0.2) is 0 Å². The van der Waals surface area contributed by atoms with Crippen LogP contribution in [0.25, 0.3) is 0 Å². The van der Waals surface area contributed by atoms with Gasteiger partial charge in [0, 0.05) is 12.2 Å². The van der Waals surface area contributed by atoms with Crippen molar-refractivity contribution in [3.63, 3.8) is 0 Å². The largest absolute Gasteiger partial charge is 0.378 e. The number of hydrogen-bond acceptors (Lipinski definition) is 2. The minimum atomic E-state index is 0.396. The monoisotopic (exact) mass is 252 g/mol. The minimum Gasteiger partial charge on any atom is -0.378 e. The third kappa shape index (κ3) is 2.79. The van der Waals surface area contributed by atoms with E-state index in [4.69, 9.17) is 0 Å². The van der Waals surface area contributed by atoms with Crippen LogP contribution in [-0.2, 0) is 6.54 Å². The van der Waals surface area contributed by atoms with Crippen LogP contribution in [0.2, 0.25) is 0 Å². The molecule has 2 aromatic carbocycles. The Morgan fingerprint density at radius 3 is 2.89 bits per heavy atom. The van der Waals surface area contributed by atoms with Crippen LogP contribution >= 0.6 is 0 Å². The van der Waals surface area contributed by atoms with Crippen molar-refractivity contribution in [2.45, 2.75) is 25.9 Å². The lowest BCUT2D eigenvalue weighted by atomic mass is 9.99. The number of anilines is 1. The summed E-state index contributed by atoms with van der Waals surface area (Å²) in [5, 5.41) is 7.17. The van der Waals surface area contributed by atoms with Gasteiger partial charge < -0.3 is 10.6 Å². The van der Waals surface area contributed by atoms with Crippen molar-refractivity contribution < 1.29 is 0 Å². The van der Waals surface area contributed by atoms with Crippen LogP contribution in [0.4, 0.5) is 5.69 Å². The van der Waals surface area contributed by atoms with Crippen LogP contribution in [0.3, 0.4) is 0 Å². The molecule has 2 aromatic rings. The average Bonchev–Trinajstić information content (AvgIpc) is 2.62. The maximum absolute atomic E-state index is 3.68. The highest BCUT2D eigenvalue weighted by Gasteiger charge is 2.17. The van der Waals surface area contributed by atoms with Crippen molar-refractivity contribution in [2.24, 2.45) is 0 Å². The first kappa shape index (κ1) is 12.2. The van der Waals surface area contributed by atoms with E-state index in [1.54, 1.807) is 0 Å². The highest BCUT2D eigenvalue weighted by atomic mass is 14.9. The molecular weight excluding hydrogens is 232 g/mol. The summed E-state index contributed by atoms with van der Waals surface area (Å²) < 4.78 is 0. The summed E-state index contributed by atoms with van der Waals surface area (Å²) in [6.45, 7) is 4.16. The lowest BCUT2D eigenvalue weighted by molar-refractivity contribution is 0.637. The first-order valence-electron chi connectivity index (χ1n) is 6.94. The van der Waals surface area contributed by atoms with Crippen molar-refractivity contribution in [1.29, 1.82) is 0 Å². The lowest BCUT2D eigenvalue weighted by Crippen LogP contribution is -2.15. The van der Waals surface area contributed by atoms with Gasteiger partial charge in [0.2, 0.25) is 0 Å². The van der Waals surface area contributed by atoms with Gasteiger partial charge in [-0.15, -0.1) is 0 Å². The van der Waals surface area contributed by atoms with Crippen LogP contribution in [0.1, 0.15) is 29.2 Å². The Labute approximate surface area is 114 Å². The molecule has 0 radical (unpaired) electrons. The van der Waals surface area contributed by atoms with E-state index in [1.807, 2.05) is 0 Å². The molecule has 1 atom stereocenters. The number of hydrogen-bond donors (Lipinski definition) is 2. The summed E-state index contributed by atoms with van der Waals surface area (Å²) in [6, 6.07) is 17.7. The Kier molecular flexibility index (Phi) is 3.51. The molecule has 1 aliphatic heterocycles. The van der Waals surface area contributed by atoms with E-state index < -0.39 is 0 Å². The first-order chi connectivity index (χ1) is 9.33. The summed E-state index contributed by atoms with van der Waals surface area (Å²) in [5.74, 6) is 0. The van der Waals surface area contributed by atoms with Gasteiger partial charge in [-0.2, -0.15) is 0 Å². The molecule has 19 heavy (non-hydrogen) atoms. The van der Waals surface area contributed by atoms with E-state index in [0.717, 1.165) is 19.5 Å². The van der Waals surface area contributed by atoms with Crippen LogP contribution < -0.4 is 10.6 Å². The summed E-state index contributed by atoms with van der Waals surface area (Å²) in [4.78, 5) is 0. The topological polar surface area (TPSA) is 24.1 Å². The second kappa shape index (κ2) is 5.45. The minimum absolute atomic E-state index is 0.396. The number of fused-ring (bicyclic) bond motifs is 1. The third-order valence-corrected chi connectivity index (χ3v) is 3.71. The highest BCUT2D eigenvalue weighted by molar-refractivity contribution is 5.48. The molecule has 0 saturated heterocycles. The maximum Gasteiger partial charge on any atom is 0.0529 e. The molecule has 2 N–H and O–H groups in total. The molecule has 1 heterocycles. The molecule has 3 rings (SSSR count). The average molecular weight is 252 g/mol. The quantitative estimate of drug-likeness (QED) is 0.852. The van der Waals surface area contributed by atoms with Crippen LogP contribution in [0, 0.1) is 6.92 Å². The zero-order valence-corrected chi connectivity index (χ0v) is 11.3. The number of aryl methyl sites for hydroxylation is 1. The fourth-order valence-corrected chi connectivity index (χ4v) is 2.75. The zero-order chi connectivity index (χ0) is 13.1. The molecule has 2 nitrogen and oxygen atoms in total. The van der Waals surface area contributed by atoms with E-state index in [-0.39, 0.29) is 0 Å². The predicted molar refractivity (Wildman–Crippen MR) is 80.3 cm³/mol. The maximum atomic E-state index is 3.68. The molecule has 0 amide bonds. The normalized spacial score (nSPS) is 18.5. The Balaban J connectivity index is 1.88. The van der Waals surface area contributed by atoms with Crippen molar-refractivity contribution in [3.8, 4) is 0 Å². The summed E-state index contributed by atoms with van der Waals surface area (Å²) in [6.07, 6.45) is 1.12. The SMILES string of the molecule is Cc1cccc(NC2CCNCc3ccccc32)c1. The molecular formula is C17H20N2. The van der Waals surface area contributed by atoms with Gasteiger partial charge >= 0.3 is 0 Å². The van der Waals surface area contributed by atoms with E-state index >= 15 is 0 Å². The third-order valence-electron chi connectivity index (χ3n) is 3.71. The van der Waals surface area contributed by atoms with Gasteiger partial charge in [0.15, 0.2) is 0 Å². The standard InChI is InChI=1S/C17H20N2/c1-13-5-4-7-15(11-13)19-17-9-10-18-12-14-6-2-3-8-16(14)17/h2-8,11,17-19H,9-10,12H2,1H3. The van der Waals surface area contributed by atoms with Crippen LogP contribution in [0.15, 0.2) is 48.5 Å². The van der Waals surface area contributed by atoms with Crippen molar-refractivity contribution in [3.05, 3.63) is 65.2 Å². The summed E-state index contributed by atoms with van der Waals surface area (Å²) in [7, 11) is 0. The molecule has 0 bridgehead atoms. The molecule has 98 valence electrons. The van der Waals surface area contributed by atoms with Crippen LogP contribution in [-0.4, -0.2) is 6.54 Å². The molecule has 1 unspecified atom stereocenters. The van der Waals surface area contributed by atoms with Gasteiger partial charge in [-0.05, 0) is 48.7 Å². The molecule has 0 aromatic heterocycles. The van der Waals surface area contributed by atoms with Gasteiger partial charge in [-0.1, -0.05) is 36.4 Å². The Hall–Kier alpha value is -1.80. The van der Waals surface area contributed by atoms with Gasteiger partial charge in [0.25, 0.3) is 0 Å². The van der Waals surface area contributed by atoms with E-state index in [1.165, 1.54) is 22.4 Å². The molecule has 2 heteroatoms. The number of rotatable bonds is 2. The first-order valence-corrected chi connectivity index (χ1v) is 6.94. The zero-order valence-electron chi connectivity index (χ0n) is 11.3. The predicted octanol–water partition coefficient (Wildman–Crippen LogP) is 3.64. The second-order valence-electron chi connectivity index (χ2n) is 5.23. The lowest BCUT2D eigenvalue weighted by Gasteiger charge is -2.20. The Bertz CT molecular complexity index is 563. The van der Waals surface area contributed by atoms with Crippen molar-refractivity contribution >= 4 is 5.69 Å². The molecule has 0 spiro atoms. The van der Waals surface area contributed by atoms with Crippen molar-refractivity contribution in [2.75, 3.05) is 11.9 Å². The summed E-state index contributed by atoms with van der Waals surface area (Å²) in [5.41, 5.74) is 5.34. The molecule has 0 fully saturated rings. The van der Waals surface area contributed by atoms with E-state index in [9.17, 15) is 0 Å². The molecule has 0 saturated carbocycles. The summed E-state index contributed by atoms with van der Waals surface area (Å²) >= 11 is 0. The number of nitrogens with one attached hydrogen (secondary N) is 2. The van der Waals surface area contributed by atoms with Crippen LogP contribution in [0.5, 0.6) is 0 Å². The Morgan fingerprint density at radius 2 is 2.00 bits per heavy atom. The van der Waals surface area contributed by atoms with Crippen molar-refractivity contribution in [1.82, 2.24) is 5.32 Å². The molecule has 0 aliphatic carbocycles. The Morgan fingerprint density at radius 1 is 1.11 bits per heavy atom. The smallest absolute Gasteiger partial charge is 0.0529 e. The molecule has 1 aliphatic rings. The van der Waals surface area contributed by atoms with Gasteiger partial charge in [0.1, 0.15) is 0 Å². The van der Waals surface area contributed by atoms with Gasteiger partial charge in [-0.3, -0.25) is 0 Å². The number of benzene rings is 2. The van der Waals surface area contributed by atoms with Gasteiger partial charge in [0.05, 0.1) is 6.04 Å². The highest BCUT2D eigenvalue weighted by Crippen LogP contribution is 2.27. The fraction of sp³-hybridized carbons (Fsp3) is 0.294. The van der Waals surface area contributed by atoms with E-state index in [0.29, 0.717) is 6.04 Å².